The van der Waals surface area contributed by atoms with Crippen LogP contribution in [-0.2, 0) is 21.2 Å². The third kappa shape index (κ3) is 4.00. The number of fused-ring (bicyclic) bond motifs is 1. The molecule has 8 heteroatoms. The number of nitrogens with zero attached hydrogens (tertiary/aromatic N) is 1. The standard InChI is InChI=1S/C20H20ClNO5S/c1-13(2)27-15-8-9-18-16(11-15)14(7-10-20(23)24)12-22(18)28(25,26)19-6-4-3-5-17(19)21/h3-6,8-9,11-13H,7,10H2,1-2H3,(H,23,24). The van der Waals surface area contributed by atoms with E-state index >= 15 is 0 Å². The van der Waals surface area contributed by atoms with Crippen molar-refractivity contribution in [2.45, 2.75) is 37.7 Å². The summed E-state index contributed by atoms with van der Waals surface area (Å²) in [5.74, 6) is -0.364. The maximum Gasteiger partial charge on any atom is 0.303 e. The Morgan fingerprint density at radius 3 is 2.57 bits per heavy atom. The Labute approximate surface area is 168 Å². The largest absolute Gasteiger partial charge is 0.491 e. The molecule has 0 saturated heterocycles. The predicted octanol–water partition coefficient (Wildman–Crippen LogP) is 4.34. The van der Waals surface area contributed by atoms with Crippen molar-refractivity contribution >= 4 is 38.5 Å². The Morgan fingerprint density at radius 2 is 1.93 bits per heavy atom. The first-order valence-corrected chi connectivity index (χ1v) is 10.5. The van der Waals surface area contributed by atoms with Gasteiger partial charge in [-0.2, -0.15) is 0 Å². The molecule has 0 aliphatic rings. The smallest absolute Gasteiger partial charge is 0.303 e. The molecule has 148 valence electrons. The number of carbonyl (C=O) groups is 1. The Morgan fingerprint density at radius 1 is 1.21 bits per heavy atom. The van der Waals surface area contributed by atoms with Gasteiger partial charge in [0.1, 0.15) is 10.6 Å². The van der Waals surface area contributed by atoms with Gasteiger partial charge >= 0.3 is 5.97 Å². The number of hydrogen-bond acceptors (Lipinski definition) is 4. The highest BCUT2D eigenvalue weighted by atomic mass is 35.5. The first kappa shape index (κ1) is 20.2. The van der Waals surface area contributed by atoms with Crippen molar-refractivity contribution in [3.8, 4) is 5.75 Å². The van der Waals surface area contributed by atoms with E-state index in [4.69, 9.17) is 21.4 Å². The number of aryl methyl sites for hydroxylation is 1. The van der Waals surface area contributed by atoms with Gasteiger partial charge in [0, 0.05) is 18.0 Å². The molecule has 0 aliphatic heterocycles. The lowest BCUT2D eigenvalue weighted by atomic mass is 10.1. The highest BCUT2D eigenvalue weighted by Gasteiger charge is 2.24. The summed E-state index contributed by atoms with van der Waals surface area (Å²) in [7, 11) is -3.95. The fraction of sp³-hybridized carbons (Fsp3) is 0.250. The molecule has 0 amide bonds. The van der Waals surface area contributed by atoms with E-state index in [1.807, 2.05) is 13.8 Å². The molecular weight excluding hydrogens is 402 g/mol. The second kappa shape index (κ2) is 7.85. The lowest BCUT2D eigenvalue weighted by molar-refractivity contribution is -0.136. The summed E-state index contributed by atoms with van der Waals surface area (Å²) in [6.45, 7) is 3.78. The first-order chi connectivity index (χ1) is 13.2. The Balaban J connectivity index is 2.20. The number of carboxylic acid groups (broad SMARTS) is 1. The number of ether oxygens (including phenoxy) is 1. The van der Waals surface area contributed by atoms with Crippen LogP contribution < -0.4 is 4.74 Å². The summed E-state index contributed by atoms with van der Waals surface area (Å²) in [6, 6.07) is 11.3. The van der Waals surface area contributed by atoms with Crippen molar-refractivity contribution in [1.82, 2.24) is 3.97 Å². The molecule has 0 saturated carbocycles. The number of hydrogen-bond donors (Lipinski definition) is 1. The van der Waals surface area contributed by atoms with Gasteiger partial charge in [0.2, 0.25) is 0 Å². The fourth-order valence-corrected chi connectivity index (χ4v) is 4.88. The van der Waals surface area contributed by atoms with Crippen molar-refractivity contribution in [3.05, 3.63) is 59.2 Å². The molecule has 1 heterocycles. The normalized spacial score (nSPS) is 11.9. The van der Waals surface area contributed by atoms with Crippen molar-refractivity contribution in [1.29, 1.82) is 0 Å². The maximum atomic E-state index is 13.2. The van der Waals surface area contributed by atoms with Crippen LogP contribution in [0.25, 0.3) is 10.9 Å². The van der Waals surface area contributed by atoms with Gasteiger partial charge in [0.05, 0.1) is 16.6 Å². The van der Waals surface area contributed by atoms with Gasteiger partial charge in [-0.3, -0.25) is 4.79 Å². The summed E-state index contributed by atoms with van der Waals surface area (Å²) in [6.07, 6.45) is 1.50. The third-order valence-electron chi connectivity index (χ3n) is 4.18. The van der Waals surface area contributed by atoms with E-state index < -0.39 is 16.0 Å². The minimum absolute atomic E-state index is 0.0131. The number of benzene rings is 2. The monoisotopic (exact) mass is 421 g/mol. The quantitative estimate of drug-likeness (QED) is 0.613. The molecule has 3 rings (SSSR count). The van der Waals surface area contributed by atoms with Gasteiger partial charge in [0.25, 0.3) is 10.0 Å². The molecule has 2 aromatic carbocycles. The summed E-state index contributed by atoms with van der Waals surface area (Å²) >= 11 is 6.11. The highest BCUT2D eigenvalue weighted by Crippen LogP contribution is 2.32. The van der Waals surface area contributed by atoms with Gasteiger partial charge in [-0.1, -0.05) is 23.7 Å². The van der Waals surface area contributed by atoms with Crippen LogP contribution in [0.5, 0.6) is 5.75 Å². The number of carboxylic acids is 1. The van der Waals surface area contributed by atoms with E-state index in [-0.39, 0.29) is 28.9 Å². The van der Waals surface area contributed by atoms with E-state index in [1.165, 1.54) is 18.3 Å². The summed E-state index contributed by atoms with van der Waals surface area (Å²) < 4.78 is 33.3. The number of halogens is 1. The zero-order valence-electron chi connectivity index (χ0n) is 15.4. The highest BCUT2D eigenvalue weighted by molar-refractivity contribution is 7.90. The van der Waals surface area contributed by atoms with E-state index in [0.29, 0.717) is 22.2 Å². The molecule has 28 heavy (non-hydrogen) atoms. The molecule has 0 atom stereocenters. The molecule has 0 unspecified atom stereocenters. The van der Waals surface area contributed by atoms with Crippen molar-refractivity contribution < 1.29 is 23.1 Å². The number of rotatable bonds is 7. The molecule has 3 aromatic rings. The second-order valence-corrected chi connectivity index (χ2v) is 8.82. The first-order valence-electron chi connectivity index (χ1n) is 8.72. The Kier molecular flexibility index (Phi) is 5.67. The fourth-order valence-electron chi connectivity index (χ4n) is 2.99. The van der Waals surface area contributed by atoms with Gasteiger partial charge in [-0.15, -0.1) is 0 Å². The van der Waals surface area contributed by atoms with Crippen molar-refractivity contribution in [2.75, 3.05) is 0 Å². The van der Waals surface area contributed by atoms with Crippen LogP contribution in [0.3, 0.4) is 0 Å². The predicted molar refractivity (Wildman–Crippen MR) is 108 cm³/mol. The lowest BCUT2D eigenvalue weighted by Crippen LogP contribution is -2.12. The van der Waals surface area contributed by atoms with Gasteiger partial charge in [-0.25, -0.2) is 12.4 Å². The van der Waals surface area contributed by atoms with Crippen LogP contribution >= 0.6 is 11.6 Å². The van der Waals surface area contributed by atoms with Crippen LogP contribution in [0.1, 0.15) is 25.8 Å². The zero-order chi connectivity index (χ0) is 20.5. The van der Waals surface area contributed by atoms with Crippen LogP contribution in [0.2, 0.25) is 5.02 Å². The average Bonchev–Trinajstić information content (AvgIpc) is 2.98. The SMILES string of the molecule is CC(C)Oc1ccc2c(c1)c(CCC(=O)O)cn2S(=O)(=O)c1ccccc1Cl. The second-order valence-electron chi connectivity index (χ2n) is 6.62. The molecule has 0 spiro atoms. The minimum Gasteiger partial charge on any atom is -0.491 e. The van der Waals surface area contributed by atoms with Gasteiger partial charge in [0.15, 0.2) is 0 Å². The third-order valence-corrected chi connectivity index (χ3v) is 6.35. The van der Waals surface area contributed by atoms with Crippen LogP contribution in [0, 0.1) is 0 Å². The van der Waals surface area contributed by atoms with E-state index in [0.717, 1.165) is 3.97 Å². The van der Waals surface area contributed by atoms with Crippen LogP contribution in [0.4, 0.5) is 0 Å². The molecule has 0 aliphatic carbocycles. The van der Waals surface area contributed by atoms with E-state index in [2.05, 4.69) is 0 Å². The topological polar surface area (TPSA) is 85.6 Å². The molecule has 0 radical (unpaired) electrons. The summed E-state index contributed by atoms with van der Waals surface area (Å²) in [5.41, 5.74) is 1.05. The number of aliphatic carboxylic acids is 1. The molecule has 1 aromatic heterocycles. The maximum absolute atomic E-state index is 13.2. The van der Waals surface area contributed by atoms with Crippen LogP contribution in [-0.4, -0.2) is 29.6 Å². The number of aromatic nitrogens is 1. The lowest BCUT2D eigenvalue weighted by Gasteiger charge is -2.11. The van der Waals surface area contributed by atoms with E-state index in [1.54, 1.807) is 30.3 Å². The molecule has 0 bridgehead atoms. The van der Waals surface area contributed by atoms with E-state index in [9.17, 15) is 13.2 Å². The zero-order valence-corrected chi connectivity index (χ0v) is 17.0. The van der Waals surface area contributed by atoms with Gasteiger partial charge < -0.3 is 9.84 Å². The molecule has 0 fully saturated rings. The average molecular weight is 422 g/mol. The Bertz CT molecular complexity index is 1130. The van der Waals surface area contributed by atoms with Crippen molar-refractivity contribution in [2.24, 2.45) is 0 Å². The van der Waals surface area contributed by atoms with Crippen LogP contribution in [0.15, 0.2) is 53.6 Å². The summed E-state index contributed by atoms with van der Waals surface area (Å²) in [4.78, 5) is 11.0. The van der Waals surface area contributed by atoms with Gasteiger partial charge in [-0.05, 0) is 56.2 Å². The molecule has 6 nitrogen and oxygen atoms in total. The molecule has 1 N–H and O–H groups in total. The molecular formula is C20H20ClNO5S. The Hall–Kier alpha value is -2.51. The summed E-state index contributed by atoms with van der Waals surface area (Å²) in [5, 5.41) is 9.79. The minimum atomic E-state index is -3.95. The van der Waals surface area contributed by atoms with Crippen molar-refractivity contribution in [3.63, 3.8) is 0 Å².